The van der Waals surface area contributed by atoms with Gasteiger partial charge in [0.1, 0.15) is 0 Å². The van der Waals surface area contributed by atoms with Gasteiger partial charge in [-0.05, 0) is 53.5 Å². The van der Waals surface area contributed by atoms with Gasteiger partial charge in [0.2, 0.25) is 0 Å². The summed E-state index contributed by atoms with van der Waals surface area (Å²) in [6.45, 7) is 6.61. The summed E-state index contributed by atoms with van der Waals surface area (Å²) in [7, 11) is 0. The Hall–Kier alpha value is -0.540. The molecule has 0 spiro atoms. The Kier molecular flexibility index (Phi) is 3.65. The van der Waals surface area contributed by atoms with Crippen molar-refractivity contribution in [3.63, 3.8) is 0 Å². The summed E-state index contributed by atoms with van der Waals surface area (Å²) in [4.78, 5) is 2.46. The van der Waals surface area contributed by atoms with Crippen LogP contribution in [0.15, 0.2) is 22.7 Å². The molecule has 1 N–H and O–H groups in total. The van der Waals surface area contributed by atoms with Crippen LogP contribution in [0.25, 0.3) is 0 Å². The van der Waals surface area contributed by atoms with Crippen molar-refractivity contribution in [1.29, 1.82) is 0 Å². The van der Waals surface area contributed by atoms with Gasteiger partial charge in [0, 0.05) is 24.1 Å². The van der Waals surface area contributed by atoms with Gasteiger partial charge in [-0.25, -0.2) is 0 Å². The first-order chi connectivity index (χ1) is 7.27. The van der Waals surface area contributed by atoms with Gasteiger partial charge in [-0.1, -0.05) is 6.07 Å². The van der Waals surface area contributed by atoms with E-state index in [9.17, 15) is 0 Å². The van der Waals surface area contributed by atoms with Gasteiger partial charge in [0.25, 0.3) is 0 Å². The second kappa shape index (κ2) is 4.99. The van der Waals surface area contributed by atoms with Crippen molar-refractivity contribution in [2.24, 2.45) is 0 Å². The number of hydrogen-bond donors (Lipinski definition) is 1. The molecular weight excluding hydrogens is 252 g/mol. The van der Waals surface area contributed by atoms with Crippen molar-refractivity contribution in [1.82, 2.24) is 5.32 Å². The highest BCUT2D eigenvalue weighted by Gasteiger charge is 2.11. The first-order valence-electron chi connectivity index (χ1n) is 5.49. The molecule has 1 saturated heterocycles. The van der Waals surface area contributed by atoms with E-state index in [1.54, 1.807) is 0 Å². The lowest BCUT2D eigenvalue weighted by molar-refractivity contribution is 0.724. The lowest BCUT2D eigenvalue weighted by Gasteiger charge is -2.24. The van der Waals surface area contributed by atoms with Crippen LogP contribution in [0.4, 0.5) is 5.69 Å². The van der Waals surface area contributed by atoms with Crippen molar-refractivity contribution in [3.05, 3.63) is 28.2 Å². The minimum Gasteiger partial charge on any atom is -0.369 e. The van der Waals surface area contributed by atoms with Crippen LogP contribution in [0.5, 0.6) is 0 Å². The smallest absolute Gasteiger partial charge is 0.0513 e. The Morgan fingerprint density at radius 1 is 1.27 bits per heavy atom. The van der Waals surface area contributed by atoms with E-state index in [1.165, 1.54) is 22.1 Å². The summed E-state index contributed by atoms with van der Waals surface area (Å²) in [5.74, 6) is 0. The molecule has 1 aromatic rings. The Morgan fingerprint density at radius 3 is 3.00 bits per heavy atom. The normalized spacial score (nSPS) is 17.6. The number of anilines is 1. The molecule has 0 amide bonds. The van der Waals surface area contributed by atoms with Crippen molar-refractivity contribution in [3.8, 4) is 0 Å². The number of nitrogens with one attached hydrogen (secondary N) is 1. The second-order valence-electron chi connectivity index (χ2n) is 4.05. The van der Waals surface area contributed by atoms with Crippen molar-refractivity contribution >= 4 is 21.6 Å². The Bertz CT molecular complexity index is 330. The Balaban J connectivity index is 2.22. The quantitative estimate of drug-likeness (QED) is 0.843. The fourth-order valence-corrected chi connectivity index (χ4v) is 2.45. The van der Waals surface area contributed by atoms with Gasteiger partial charge in [-0.15, -0.1) is 0 Å². The fourth-order valence-electron chi connectivity index (χ4n) is 1.95. The summed E-state index contributed by atoms with van der Waals surface area (Å²) in [6.07, 6.45) is 1.22. The van der Waals surface area contributed by atoms with Crippen LogP contribution in [0.3, 0.4) is 0 Å². The minimum atomic E-state index is 1.08. The zero-order valence-corrected chi connectivity index (χ0v) is 10.7. The number of aryl methyl sites for hydroxylation is 1. The maximum absolute atomic E-state index is 3.63. The highest BCUT2D eigenvalue weighted by Crippen LogP contribution is 2.27. The van der Waals surface area contributed by atoms with E-state index in [0.717, 1.165) is 26.2 Å². The van der Waals surface area contributed by atoms with Crippen LogP contribution in [0, 0.1) is 6.92 Å². The molecule has 15 heavy (non-hydrogen) atoms. The maximum atomic E-state index is 3.63. The minimum absolute atomic E-state index is 1.08. The average Bonchev–Trinajstić information content (AvgIpc) is 2.50. The van der Waals surface area contributed by atoms with Gasteiger partial charge < -0.3 is 10.2 Å². The van der Waals surface area contributed by atoms with E-state index in [4.69, 9.17) is 0 Å². The molecule has 1 aliphatic rings. The molecule has 0 saturated carbocycles. The monoisotopic (exact) mass is 268 g/mol. The zero-order valence-electron chi connectivity index (χ0n) is 9.09. The number of nitrogens with zero attached hydrogens (tertiary/aromatic N) is 1. The lowest BCUT2D eigenvalue weighted by Crippen LogP contribution is -2.28. The highest BCUT2D eigenvalue weighted by molar-refractivity contribution is 9.10. The Labute approximate surface area is 99.8 Å². The average molecular weight is 269 g/mol. The van der Waals surface area contributed by atoms with Crippen molar-refractivity contribution < 1.29 is 0 Å². The van der Waals surface area contributed by atoms with E-state index in [0.29, 0.717) is 0 Å². The maximum Gasteiger partial charge on any atom is 0.0513 e. The largest absolute Gasteiger partial charge is 0.369 e. The van der Waals surface area contributed by atoms with Crippen LogP contribution < -0.4 is 10.2 Å². The van der Waals surface area contributed by atoms with E-state index < -0.39 is 0 Å². The molecule has 1 fully saturated rings. The summed E-state index contributed by atoms with van der Waals surface area (Å²) in [5.41, 5.74) is 2.66. The number of hydrogen-bond acceptors (Lipinski definition) is 2. The summed E-state index contributed by atoms with van der Waals surface area (Å²) < 4.78 is 1.20. The van der Waals surface area contributed by atoms with E-state index in [1.807, 2.05) is 0 Å². The van der Waals surface area contributed by atoms with E-state index in [-0.39, 0.29) is 0 Å². The van der Waals surface area contributed by atoms with E-state index in [2.05, 4.69) is 51.3 Å². The molecule has 1 aliphatic heterocycles. The predicted octanol–water partition coefficient (Wildman–Crippen LogP) is 2.56. The standard InChI is InChI=1S/C12H17BrN2/c1-10-3-4-11(13)12(9-10)15-7-2-5-14-6-8-15/h3-4,9,14H,2,5-8H2,1H3. The van der Waals surface area contributed by atoms with Crippen LogP contribution in [-0.4, -0.2) is 26.2 Å². The number of halogens is 1. The third-order valence-electron chi connectivity index (χ3n) is 2.78. The summed E-state index contributed by atoms with van der Waals surface area (Å²) >= 11 is 3.63. The van der Waals surface area contributed by atoms with Crippen molar-refractivity contribution in [2.45, 2.75) is 13.3 Å². The highest BCUT2D eigenvalue weighted by atomic mass is 79.9. The van der Waals surface area contributed by atoms with E-state index >= 15 is 0 Å². The van der Waals surface area contributed by atoms with Crippen molar-refractivity contribution in [2.75, 3.05) is 31.1 Å². The topological polar surface area (TPSA) is 15.3 Å². The molecular formula is C12H17BrN2. The predicted molar refractivity (Wildman–Crippen MR) is 68.6 cm³/mol. The first kappa shape index (κ1) is 11.0. The van der Waals surface area contributed by atoms with Crippen LogP contribution in [0.2, 0.25) is 0 Å². The number of rotatable bonds is 1. The SMILES string of the molecule is Cc1ccc(Br)c(N2CCCNCC2)c1. The molecule has 1 aromatic carbocycles. The van der Waals surface area contributed by atoms with Gasteiger partial charge in [-0.3, -0.25) is 0 Å². The molecule has 0 aromatic heterocycles. The fraction of sp³-hybridized carbons (Fsp3) is 0.500. The molecule has 0 atom stereocenters. The summed E-state index contributed by atoms with van der Waals surface area (Å²) in [5, 5.41) is 3.42. The third-order valence-corrected chi connectivity index (χ3v) is 3.45. The molecule has 0 bridgehead atoms. The number of benzene rings is 1. The molecule has 0 radical (unpaired) electrons. The first-order valence-corrected chi connectivity index (χ1v) is 6.28. The molecule has 0 unspecified atom stereocenters. The van der Waals surface area contributed by atoms with Gasteiger partial charge in [0.15, 0.2) is 0 Å². The van der Waals surface area contributed by atoms with Crippen LogP contribution >= 0.6 is 15.9 Å². The zero-order chi connectivity index (χ0) is 10.7. The molecule has 3 heteroatoms. The second-order valence-corrected chi connectivity index (χ2v) is 4.90. The van der Waals surface area contributed by atoms with Gasteiger partial charge >= 0.3 is 0 Å². The summed E-state index contributed by atoms with van der Waals surface area (Å²) in [6, 6.07) is 6.54. The molecule has 2 rings (SSSR count). The molecule has 82 valence electrons. The third kappa shape index (κ3) is 2.73. The van der Waals surface area contributed by atoms with Crippen LogP contribution in [-0.2, 0) is 0 Å². The van der Waals surface area contributed by atoms with Crippen LogP contribution in [0.1, 0.15) is 12.0 Å². The molecule has 2 nitrogen and oxygen atoms in total. The molecule has 1 heterocycles. The van der Waals surface area contributed by atoms with Gasteiger partial charge in [0.05, 0.1) is 5.69 Å². The lowest BCUT2D eigenvalue weighted by atomic mass is 10.2. The Morgan fingerprint density at radius 2 is 2.13 bits per heavy atom. The van der Waals surface area contributed by atoms with Gasteiger partial charge in [-0.2, -0.15) is 0 Å². The molecule has 0 aliphatic carbocycles.